The summed E-state index contributed by atoms with van der Waals surface area (Å²) in [6.07, 6.45) is 0. The zero-order valence-electron chi connectivity index (χ0n) is 19.5. The Balaban J connectivity index is 0.00000228. The Hall–Kier alpha value is -2.76. The third-order valence-corrected chi connectivity index (χ3v) is 7.68. The lowest BCUT2D eigenvalue weighted by molar-refractivity contribution is 0.00578. The number of anilines is 3. The molecule has 0 atom stereocenters. The molecule has 33 heavy (non-hydrogen) atoms. The van der Waals surface area contributed by atoms with Crippen LogP contribution in [0.2, 0.25) is 0 Å². The highest BCUT2D eigenvalue weighted by Gasteiger charge is 2.52. The van der Waals surface area contributed by atoms with Gasteiger partial charge < -0.3 is 18.9 Å². The molecule has 3 aliphatic heterocycles. The van der Waals surface area contributed by atoms with Crippen molar-refractivity contribution in [1.82, 2.24) is 0 Å². The van der Waals surface area contributed by atoms with E-state index in [0.29, 0.717) is 0 Å². The zero-order chi connectivity index (χ0) is 22.5. The van der Waals surface area contributed by atoms with Crippen LogP contribution in [0, 0.1) is 0 Å². The van der Waals surface area contributed by atoms with E-state index in [1.165, 1.54) is 16.8 Å². The molecule has 0 spiro atoms. The number of benzene rings is 3. The zero-order valence-corrected chi connectivity index (χ0v) is 19.5. The molecule has 0 amide bonds. The van der Waals surface area contributed by atoms with E-state index in [-0.39, 0.29) is 31.2 Å². The Labute approximate surface area is 197 Å². The summed E-state index contributed by atoms with van der Waals surface area (Å²) in [4.78, 5) is 2.35. The fourth-order valence-corrected chi connectivity index (χ4v) is 5.08. The van der Waals surface area contributed by atoms with E-state index in [4.69, 9.17) is 14.0 Å². The largest absolute Gasteiger partial charge is 0.494 e. The Morgan fingerprint density at radius 1 is 0.697 bits per heavy atom. The van der Waals surface area contributed by atoms with E-state index < -0.39 is 0 Å². The van der Waals surface area contributed by atoms with Gasteiger partial charge >= 0.3 is 7.12 Å². The molecule has 3 aliphatic rings. The van der Waals surface area contributed by atoms with Gasteiger partial charge in [0.1, 0.15) is 0 Å². The van der Waals surface area contributed by atoms with Gasteiger partial charge in [0.05, 0.1) is 28.3 Å². The van der Waals surface area contributed by atoms with Gasteiger partial charge in [-0.25, -0.2) is 0 Å². The molecular weight excluding hydrogens is 409 g/mol. The molecule has 0 saturated carbocycles. The molecule has 4 nitrogen and oxygen atoms in total. The van der Waals surface area contributed by atoms with Gasteiger partial charge in [0.25, 0.3) is 0 Å². The minimum absolute atomic E-state index is 0. The van der Waals surface area contributed by atoms with E-state index in [2.05, 4.69) is 95.0 Å². The van der Waals surface area contributed by atoms with Crippen LogP contribution >= 0.6 is 0 Å². The number of rotatable bonds is 1. The summed E-state index contributed by atoms with van der Waals surface area (Å²) in [5, 5.41) is 0. The molecule has 0 bridgehead atoms. The molecule has 1 fully saturated rings. The standard InChI is InChI=1S/C27H28BNO3.CH4/c1-25(2)18-10-9-13-23-24(18)29(21-11-7-8-12-22(21)30-23)20-15-14-17(16-19(20)25)28-31-26(3,4)27(5,6)32-28;/h7-16H,1-6H3;1H4. The van der Waals surface area contributed by atoms with E-state index >= 15 is 0 Å². The van der Waals surface area contributed by atoms with Crippen molar-refractivity contribution in [3.63, 3.8) is 0 Å². The normalized spacial score (nSPS) is 20.2. The lowest BCUT2D eigenvalue weighted by atomic mass is 9.69. The summed E-state index contributed by atoms with van der Waals surface area (Å²) in [6.45, 7) is 13.0. The highest BCUT2D eigenvalue weighted by atomic mass is 16.7. The van der Waals surface area contributed by atoms with Crippen LogP contribution in [0.4, 0.5) is 17.1 Å². The third-order valence-electron chi connectivity index (χ3n) is 7.68. The lowest BCUT2D eigenvalue weighted by Gasteiger charge is -2.45. The summed E-state index contributed by atoms with van der Waals surface area (Å²) < 4.78 is 19.0. The average molecular weight is 441 g/mol. The molecule has 6 rings (SSSR count). The van der Waals surface area contributed by atoms with Gasteiger partial charge in [0, 0.05) is 5.41 Å². The molecule has 0 aliphatic carbocycles. The van der Waals surface area contributed by atoms with Crippen LogP contribution in [0.1, 0.15) is 60.1 Å². The second-order valence-electron chi connectivity index (χ2n) is 10.5. The highest BCUT2D eigenvalue weighted by Crippen LogP contribution is 2.59. The van der Waals surface area contributed by atoms with Crippen molar-refractivity contribution in [2.24, 2.45) is 0 Å². The van der Waals surface area contributed by atoms with Gasteiger partial charge in [-0.15, -0.1) is 0 Å². The third kappa shape index (κ3) is 2.92. The Bertz CT molecular complexity index is 1250. The van der Waals surface area contributed by atoms with Crippen molar-refractivity contribution >= 4 is 29.6 Å². The van der Waals surface area contributed by atoms with Crippen LogP contribution < -0.4 is 15.1 Å². The number of hydrogen-bond acceptors (Lipinski definition) is 4. The monoisotopic (exact) mass is 441 g/mol. The molecule has 1 saturated heterocycles. The number of fused-ring (bicyclic) bond motifs is 4. The van der Waals surface area contributed by atoms with Gasteiger partial charge in [-0.1, -0.05) is 57.7 Å². The highest BCUT2D eigenvalue weighted by molar-refractivity contribution is 6.62. The number of ether oxygens (including phenoxy) is 1. The van der Waals surface area contributed by atoms with Crippen molar-refractivity contribution < 1.29 is 14.0 Å². The summed E-state index contributed by atoms with van der Waals surface area (Å²) in [5.74, 6) is 1.77. The summed E-state index contributed by atoms with van der Waals surface area (Å²) >= 11 is 0. The predicted octanol–water partition coefficient (Wildman–Crippen LogP) is 6.84. The molecule has 0 radical (unpaired) electrons. The van der Waals surface area contributed by atoms with Crippen LogP contribution in [0.15, 0.2) is 60.7 Å². The van der Waals surface area contributed by atoms with Gasteiger partial charge in [0.2, 0.25) is 0 Å². The molecule has 5 heteroatoms. The van der Waals surface area contributed by atoms with Crippen molar-refractivity contribution in [3.05, 3.63) is 71.8 Å². The van der Waals surface area contributed by atoms with Crippen LogP contribution in [0.5, 0.6) is 11.5 Å². The topological polar surface area (TPSA) is 30.9 Å². The smallest absolute Gasteiger partial charge is 0.453 e. The van der Waals surface area contributed by atoms with Crippen molar-refractivity contribution in [3.8, 4) is 11.5 Å². The molecule has 0 N–H and O–H groups in total. The summed E-state index contributed by atoms with van der Waals surface area (Å²) in [7, 11) is -0.384. The van der Waals surface area contributed by atoms with Crippen LogP contribution in [-0.4, -0.2) is 18.3 Å². The molecule has 3 heterocycles. The first-order chi connectivity index (χ1) is 15.1. The second kappa shape index (κ2) is 6.88. The number of nitrogens with zero attached hydrogens (tertiary/aromatic N) is 1. The van der Waals surface area contributed by atoms with E-state index in [0.717, 1.165) is 28.3 Å². The predicted molar refractivity (Wildman–Crippen MR) is 136 cm³/mol. The molecule has 3 aromatic carbocycles. The minimum atomic E-state index is -0.384. The Morgan fingerprint density at radius 3 is 2.09 bits per heavy atom. The van der Waals surface area contributed by atoms with Crippen LogP contribution in [0.25, 0.3) is 0 Å². The van der Waals surface area contributed by atoms with Crippen molar-refractivity contribution in [1.29, 1.82) is 0 Å². The Kier molecular flexibility index (Phi) is 4.60. The lowest BCUT2D eigenvalue weighted by Crippen LogP contribution is -2.41. The molecule has 0 aromatic heterocycles. The molecule has 170 valence electrons. The SMILES string of the molecule is C.CC1(C)c2cc(B3OC(C)(C)C(C)(C)O3)ccc2N2c3ccccc3Oc3cccc1c32. The van der Waals surface area contributed by atoms with Crippen LogP contribution in [-0.2, 0) is 14.7 Å². The number of hydrogen-bond donors (Lipinski definition) is 0. The van der Waals surface area contributed by atoms with Gasteiger partial charge in [0.15, 0.2) is 11.5 Å². The first kappa shape index (κ1) is 22.1. The van der Waals surface area contributed by atoms with E-state index in [1.807, 2.05) is 12.1 Å². The summed E-state index contributed by atoms with van der Waals surface area (Å²) in [6, 6.07) is 21.2. The Morgan fingerprint density at radius 2 is 1.36 bits per heavy atom. The van der Waals surface area contributed by atoms with Crippen LogP contribution in [0.3, 0.4) is 0 Å². The van der Waals surface area contributed by atoms with Crippen molar-refractivity contribution in [2.75, 3.05) is 4.90 Å². The van der Waals surface area contributed by atoms with Crippen molar-refractivity contribution in [2.45, 2.75) is 65.6 Å². The van der Waals surface area contributed by atoms with E-state index in [1.54, 1.807) is 0 Å². The first-order valence-electron chi connectivity index (χ1n) is 11.3. The molecular formula is C28H32BNO3. The van der Waals surface area contributed by atoms with Gasteiger partial charge in [-0.3, -0.25) is 0 Å². The quantitative estimate of drug-likeness (QED) is 0.303. The minimum Gasteiger partial charge on any atom is -0.453 e. The maximum absolute atomic E-state index is 6.36. The second-order valence-corrected chi connectivity index (χ2v) is 10.5. The van der Waals surface area contributed by atoms with Gasteiger partial charge in [-0.2, -0.15) is 0 Å². The van der Waals surface area contributed by atoms with E-state index in [9.17, 15) is 0 Å². The maximum Gasteiger partial charge on any atom is 0.494 e. The average Bonchev–Trinajstić information content (AvgIpc) is 2.97. The fourth-order valence-electron chi connectivity index (χ4n) is 5.08. The summed E-state index contributed by atoms with van der Waals surface area (Å²) in [5.41, 5.74) is 5.99. The molecule has 3 aromatic rings. The first-order valence-corrected chi connectivity index (χ1v) is 11.3. The van der Waals surface area contributed by atoms with Gasteiger partial charge in [-0.05, 0) is 68.6 Å². The fraction of sp³-hybridized carbons (Fsp3) is 0.357. The number of para-hydroxylation sites is 3. The maximum atomic E-state index is 6.36. The molecule has 0 unspecified atom stereocenters.